The molecule has 4 heterocycles. The minimum atomic E-state index is -0.0199. The monoisotopic (exact) mass is 451 g/mol. The smallest absolute Gasteiger partial charge is 0.246 e. The maximum Gasteiger partial charge on any atom is 0.246 e. The standard InChI is InChI=1S/C26H25N7O/c1-4-25(34)31-9-10-32(18(2)15-31)23-7-5-19(6-8-23)24-11-20(22-14-28-30(3)16-22)17-33-26(24)21(12-27)13-29-33/h4-8,11,13-14,16-18H,1,9-10,15H2,2-3H3/t18-/m1/s1. The van der Waals surface area contributed by atoms with Crippen molar-refractivity contribution >= 4 is 17.1 Å². The van der Waals surface area contributed by atoms with Gasteiger partial charge in [0.2, 0.25) is 5.91 Å². The van der Waals surface area contributed by atoms with Crippen LogP contribution in [0.4, 0.5) is 5.69 Å². The van der Waals surface area contributed by atoms with Crippen LogP contribution in [0.1, 0.15) is 12.5 Å². The number of nitriles is 1. The summed E-state index contributed by atoms with van der Waals surface area (Å²) in [6.45, 7) is 7.83. The lowest BCUT2D eigenvalue weighted by molar-refractivity contribution is -0.126. The molecule has 1 aliphatic rings. The summed E-state index contributed by atoms with van der Waals surface area (Å²) in [6.07, 6.45) is 8.69. The first-order valence-corrected chi connectivity index (χ1v) is 11.2. The number of rotatable bonds is 4. The first kappa shape index (κ1) is 21.5. The highest BCUT2D eigenvalue weighted by Crippen LogP contribution is 2.33. The topological polar surface area (TPSA) is 82.5 Å². The van der Waals surface area contributed by atoms with Crippen molar-refractivity contribution in [1.82, 2.24) is 24.3 Å². The van der Waals surface area contributed by atoms with Gasteiger partial charge in [-0.05, 0) is 36.8 Å². The minimum absolute atomic E-state index is 0.0199. The van der Waals surface area contributed by atoms with Gasteiger partial charge in [0.25, 0.3) is 0 Å². The Morgan fingerprint density at radius 2 is 1.91 bits per heavy atom. The summed E-state index contributed by atoms with van der Waals surface area (Å²) >= 11 is 0. The minimum Gasteiger partial charge on any atom is -0.365 e. The Morgan fingerprint density at radius 1 is 1.12 bits per heavy atom. The molecule has 0 saturated carbocycles. The number of carbonyl (C=O) groups is 1. The molecular formula is C26H25N7O. The fourth-order valence-corrected chi connectivity index (χ4v) is 4.65. The fraction of sp³-hybridized carbons (Fsp3) is 0.231. The zero-order chi connectivity index (χ0) is 23.8. The Kier molecular flexibility index (Phi) is 5.38. The second-order valence-corrected chi connectivity index (χ2v) is 8.59. The number of fused-ring (bicyclic) bond motifs is 1. The molecule has 4 aromatic rings. The van der Waals surface area contributed by atoms with Crippen molar-refractivity contribution < 1.29 is 4.79 Å². The van der Waals surface area contributed by atoms with E-state index in [2.05, 4.69) is 65.0 Å². The average Bonchev–Trinajstić information content (AvgIpc) is 3.49. The Balaban J connectivity index is 1.51. The highest BCUT2D eigenvalue weighted by atomic mass is 16.2. The molecule has 0 radical (unpaired) electrons. The van der Waals surface area contributed by atoms with Gasteiger partial charge in [-0.1, -0.05) is 18.7 Å². The number of hydrogen-bond donors (Lipinski definition) is 0. The van der Waals surface area contributed by atoms with E-state index in [-0.39, 0.29) is 11.9 Å². The normalized spacial score (nSPS) is 16.0. The van der Waals surface area contributed by atoms with Gasteiger partial charge in [0, 0.05) is 67.5 Å². The summed E-state index contributed by atoms with van der Waals surface area (Å²) in [7, 11) is 1.89. The molecule has 170 valence electrons. The number of benzene rings is 1. The van der Waals surface area contributed by atoms with Gasteiger partial charge in [-0.3, -0.25) is 9.48 Å². The van der Waals surface area contributed by atoms with Gasteiger partial charge < -0.3 is 9.80 Å². The summed E-state index contributed by atoms with van der Waals surface area (Å²) < 4.78 is 3.53. The number of anilines is 1. The third-order valence-electron chi connectivity index (χ3n) is 6.39. The molecular weight excluding hydrogens is 426 g/mol. The van der Waals surface area contributed by atoms with Gasteiger partial charge in [-0.2, -0.15) is 15.5 Å². The van der Waals surface area contributed by atoms with Crippen LogP contribution < -0.4 is 4.90 Å². The van der Waals surface area contributed by atoms with E-state index in [4.69, 9.17) is 0 Å². The Bertz CT molecular complexity index is 1420. The van der Waals surface area contributed by atoms with Gasteiger partial charge >= 0.3 is 0 Å². The maximum atomic E-state index is 12.0. The maximum absolute atomic E-state index is 12.0. The van der Waals surface area contributed by atoms with Crippen molar-refractivity contribution in [3.8, 4) is 28.3 Å². The van der Waals surface area contributed by atoms with E-state index in [0.717, 1.165) is 40.0 Å². The van der Waals surface area contributed by atoms with Gasteiger partial charge in [0.15, 0.2) is 0 Å². The molecule has 1 fully saturated rings. The molecule has 3 aromatic heterocycles. The lowest BCUT2D eigenvalue weighted by Gasteiger charge is -2.41. The Labute approximate surface area is 197 Å². The quantitative estimate of drug-likeness (QED) is 0.444. The van der Waals surface area contributed by atoms with Crippen LogP contribution in [0, 0.1) is 11.3 Å². The van der Waals surface area contributed by atoms with E-state index in [0.29, 0.717) is 18.7 Å². The van der Waals surface area contributed by atoms with Crippen molar-refractivity contribution in [3.05, 3.63) is 73.3 Å². The molecule has 5 rings (SSSR count). The molecule has 34 heavy (non-hydrogen) atoms. The van der Waals surface area contributed by atoms with Crippen LogP contribution >= 0.6 is 0 Å². The summed E-state index contributed by atoms with van der Waals surface area (Å²) in [4.78, 5) is 16.1. The van der Waals surface area contributed by atoms with Crippen molar-refractivity contribution in [2.75, 3.05) is 24.5 Å². The lowest BCUT2D eigenvalue weighted by atomic mass is 9.99. The number of pyridine rings is 1. The number of carbonyl (C=O) groups excluding carboxylic acids is 1. The van der Waals surface area contributed by atoms with Crippen LogP contribution in [0.5, 0.6) is 0 Å². The van der Waals surface area contributed by atoms with Crippen molar-refractivity contribution in [3.63, 3.8) is 0 Å². The summed E-state index contributed by atoms with van der Waals surface area (Å²) in [6, 6.07) is 12.9. The molecule has 1 aromatic carbocycles. The van der Waals surface area contributed by atoms with E-state index in [1.807, 2.05) is 30.5 Å². The predicted molar refractivity (Wildman–Crippen MR) is 131 cm³/mol. The first-order chi connectivity index (χ1) is 16.5. The van der Waals surface area contributed by atoms with Crippen molar-refractivity contribution in [2.45, 2.75) is 13.0 Å². The van der Waals surface area contributed by atoms with E-state index >= 15 is 0 Å². The number of aryl methyl sites for hydroxylation is 1. The van der Waals surface area contributed by atoms with Crippen LogP contribution in [-0.4, -0.2) is 55.9 Å². The van der Waals surface area contributed by atoms with Crippen molar-refractivity contribution in [2.24, 2.45) is 7.05 Å². The Hall–Kier alpha value is -4.38. The molecule has 8 nitrogen and oxygen atoms in total. The van der Waals surface area contributed by atoms with Crippen LogP contribution in [0.2, 0.25) is 0 Å². The van der Waals surface area contributed by atoms with Gasteiger partial charge in [0.05, 0.1) is 23.5 Å². The summed E-state index contributed by atoms with van der Waals surface area (Å²) in [5.41, 5.74) is 6.33. The molecule has 0 aliphatic carbocycles. The highest BCUT2D eigenvalue weighted by Gasteiger charge is 2.26. The van der Waals surface area contributed by atoms with E-state index in [1.165, 1.54) is 6.08 Å². The summed E-state index contributed by atoms with van der Waals surface area (Å²) in [5, 5.41) is 18.4. The van der Waals surface area contributed by atoms with Crippen LogP contribution in [0.3, 0.4) is 0 Å². The molecule has 1 aliphatic heterocycles. The number of amides is 1. The SMILES string of the molecule is C=CC(=O)N1CCN(c2ccc(-c3cc(-c4cnn(C)c4)cn4ncc(C#N)c34)cc2)[C@H](C)C1. The first-order valence-electron chi connectivity index (χ1n) is 11.2. The molecule has 1 amide bonds. The predicted octanol–water partition coefficient (Wildman–Crippen LogP) is 3.50. The second kappa shape index (κ2) is 8.52. The second-order valence-electron chi connectivity index (χ2n) is 8.59. The molecule has 1 atom stereocenters. The highest BCUT2D eigenvalue weighted by molar-refractivity contribution is 5.88. The number of nitrogens with zero attached hydrogens (tertiary/aromatic N) is 7. The largest absolute Gasteiger partial charge is 0.365 e. The van der Waals surface area contributed by atoms with Gasteiger partial charge in [-0.25, -0.2) is 4.52 Å². The van der Waals surface area contributed by atoms with Gasteiger partial charge in [0.1, 0.15) is 6.07 Å². The number of hydrogen-bond acceptors (Lipinski definition) is 5. The van der Waals surface area contributed by atoms with E-state index < -0.39 is 0 Å². The lowest BCUT2D eigenvalue weighted by Crippen LogP contribution is -2.53. The Morgan fingerprint density at radius 3 is 2.56 bits per heavy atom. The van der Waals surface area contributed by atoms with Crippen molar-refractivity contribution in [1.29, 1.82) is 5.26 Å². The zero-order valence-electron chi connectivity index (χ0n) is 19.2. The van der Waals surface area contributed by atoms with Gasteiger partial charge in [-0.15, -0.1) is 0 Å². The third kappa shape index (κ3) is 3.71. The summed E-state index contributed by atoms with van der Waals surface area (Å²) in [5.74, 6) is -0.0199. The van der Waals surface area contributed by atoms with E-state index in [9.17, 15) is 10.1 Å². The molecule has 0 N–H and O–H groups in total. The number of piperazine rings is 1. The van der Waals surface area contributed by atoms with E-state index in [1.54, 1.807) is 15.4 Å². The molecule has 0 unspecified atom stereocenters. The molecule has 1 saturated heterocycles. The number of aromatic nitrogens is 4. The fourth-order valence-electron chi connectivity index (χ4n) is 4.65. The van der Waals surface area contributed by atoms with Crippen LogP contribution in [0.25, 0.3) is 27.8 Å². The molecule has 0 bridgehead atoms. The molecule has 8 heteroatoms. The third-order valence-corrected chi connectivity index (χ3v) is 6.39. The average molecular weight is 452 g/mol. The molecule has 0 spiro atoms. The van der Waals surface area contributed by atoms with Crippen LogP contribution in [0.15, 0.2) is 67.8 Å². The zero-order valence-corrected chi connectivity index (χ0v) is 19.2. The van der Waals surface area contributed by atoms with Crippen LogP contribution in [-0.2, 0) is 11.8 Å².